The van der Waals surface area contributed by atoms with E-state index in [2.05, 4.69) is 52.5 Å². The Labute approximate surface area is 167 Å². The molecule has 4 nitrogen and oxygen atoms in total. The molecule has 156 valence electrons. The van der Waals surface area contributed by atoms with Crippen LogP contribution in [0.5, 0.6) is 0 Å². The van der Waals surface area contributed by atoms with Gasteiger partial charge in [0, 0.05) is 12.8 Å². The molecular formula is C23H40O4. The molecule has 0 aliphatic rings. The van der Waals surface area contributed by atoms with Gasteiger partial charge >= 0.3 is 5.97 Å². The van der Waals surface area contributed by atoms with E-state index in [4.69, 9.17) is 14.2 Å². The smallest absolute Gasteiger partial charge is 0.306 e. The molecule has 0 spiro atoms. The number of hydrogen-bond acceptors (Lipinski definition) is 4. The quantitative estimate of drug-likeness (QED) is 0.123. The molecule has 0 aromatic carbocycles. The summed E-state index contributed by atoms with van der Waals surface area (Å²) in [7, 11) is 0. The van der Waals surface area contributed by atoms with Crippen molar-refractivity contribution in [3.63, 3.8) is 0 Å². The maximum absolute atomic E-state index is 11.6. The van der Waals surface area contributed by atoms with Gasteiger partial charge in [-0.2, -0.15) is 0 Å². The number of allylic oxidation sites excluding steroid dienone is 1. The molecule has 0 fully saturated rings. The molecule has 4 heteroatoms. The van der Waals surface area contributed by atoms with E-state index >= 15 is 0 Å². The lowest BCUT2D eigenvalue weighted by Crippen LogP contribution is -2.20. The first-order valence-electron chi connectivity index (χ1n) is 10.5. The summed E-state index contributed by atoms with van der Waals surface area (Å²) in [6.07, 6.45) is 9.73. The standard InChI is InChI=1S/C23H40O4/c1-6-7-8-14-17-25-22(24)15-12-10-9-11-13-16-23(26-18-20(2)3)27-19-21(4)5/h8,14,20-21,23H,6-7,9-12,15,17-19H2,1-5H3/b14-8+. The summed E-state index contributed by atoms with van der Waals surface area (Å²) < 4.78 is 16.6. The number of ether oxygens (including phenoxy) is 3. The summed E-state index contributed by atoms with van der Waals surface area (Å²) in [6, 6.07) is 0. The van der Waals surface area contributed by atoms with Gasteiger partial charge in [0.2, 0.25) is 6.29 Å². The minimum Gasteiger partial charge on any atom is -0.461 e. The van der Waals surface area contributed by atoms with E-state index in [1.807, 2.05) is 6.08 Å². The first-order valence-corrected chi connectivity index (χ1v) is 10.5. The minimum atomic E-state index is -0.439. The Morgan fingerprint density at radius 2 is 1.63 bits per heavy atom. The lowest BCUT2D eigenvalue weighted by molar-refractivity contribution is -0.142. The van der Waals surface area contributed by atoms with Crippen molar-refractivity contribution in [2.45, 2.75) is 85.9 Å². The van der Waals surface area contributed by atoms with Gasteiger partial charge in [-0.05, 0) is 37.0 Å². The van der Waals surface area contributed by atoms with Gasteiger partial charge in [0.05, 0.1) is 13.2 Å². The van der Waals surface area contributed by atoms with Crippen LogP contribution >= 0.6 is 0 Å². The van der Waals surface area contributed by atoms with Crippen molar-refractivity contribution in [3.8, 4) is 11.8 Å². The third-order valence-corrected chi connectivity index (χ3v) is 3.53. The van der Waals surface area contributed by atoms with Gasteiger partial charge < -0.3 is 14.2 Å². The number of rotatable bonds is 15. The molecule has 0 unspecified atom stereocenters. The van der Waals surface area contributed by atoms with Crippen molar-refractivity contribution >= 4 is 5.97 Å². The topological polar surface area (TPSA) is 44.8 Å². The SMILES string of the molecule is CCC/C=C/COC(=O)CCCCCC#CC(OCC(C)C)OCC(C)C. The summed E-state index contributed by atoms with van der Waals surface area (Å²) in [5.74, 6) is 7.03. The average molecular weight is 381 g/mol. The normalized spacial score (nSPS) is 11.4. The van der Waals surface area contributed by atoms with Crippen LogP contribution in [0.15, 0.2) is 12.2 Å². The second-order valence-corrected chi connectivity index (χ2v) is 7.61. The average Bonchev–Trinajstić information content (AvgIpc) is 2.61. The predicted molar refractivity (Wildman–Crippen MR) is 111 cm³/mol. The molecule has 0 N–H and O–H groups in total. The van der Waals surface area contributed by atoms with Crippen LogP contribution < -0.4 is 0 Å². The Bertz CT molecular complexity index is 431. The summed E-state index contributed by atoms with van der Waals surface area (Å²) in [6.45, 7) is 12.2. The Morgan fingerprint density at radius 3 is 2.22 bits per heavy atom. The highest BCUT2D eigenvalue weighted by atomic mass is 16.7. The summed E-state index contributed by atoms with van der Waals surface area (Å²) in [4.78, 5) is 11.6. The van der Waals surface area contributed by atoms with Crippen LogP contribution in [-0.2, 0) is 19.0 Å². The molecule has 0 aromatic heterocycles. The fourth-order valence-corrected chi connectivity index (χ4v) is 2.07. The third kappa shape index (κ3) is 19.3. The minimum absolute atomic E-state index is 0.119. The molecule has 0 saturated carbocycles. The van der Waals surface area contributed by atoms with E-state index < -0.39 is 6.29 Å². The first kappa shape index (κ1) is 25.7. The second kappa shape index (κ2) is 18.1. The number of esters is 1. The van der Waals surface area contributed by atoms with Crippen LogP contribution in [0.1, 0.15) is 79.6 Å². The highest BCUT2D eigenvalue weighted by Gasteiger charge is 2.08. The van der Waals surface area contributed by atoms with Gasteiger partial charge in [-0.15, -0.1) is 0 Å². The van der Waals surface area contributed by atoms with E-state index in [9.17, 15) is 4.79 Å². The van der Waals surface area contributed by atoms with Gasteiger partial charge in [0.25, 0.3) is 0 Å². The zero-order valence-corrected chi connectivity index (χ0v) is 18.1. The Balaban J connectivity index is 3.87. The molecule has 0 radical (unpaired) electrons. The van der Waals surface area contributed by atoms with Gasteiger partial charge in [0.1, 0.15) is 6.61 Å². The van der Waals surface area contributed by atoms with Crippen molar-refractivity contribution in [1.82, 2.24) is 0 Å². The molecule has 0 atom stereocenters. The van der Waals surface area contributed by atoms with Crippen molar-refractivity contribution < 1.29 is 19.0 Å². The zero-order valence-electron chi connectivity index (χ0n) is 18.1. The molecule has 0 aromatic rings. The van der Waals surface area contributed by atoms with Gasteiger partial charge in [-0.1, -0.05) is 65.5 Å². The van der Waals surface area contributed by atoms with E-state index in [0.29, 0.717) is 38.1 Å². The van der Waals surface area contributed by atoms with Gasteiger partial charge in [-0.25, -0.2) is 0 Å². The Kier molecular flexibility index (Phi) is 17.2. The Morgan fingerprint density at radius 1 is 0.963 bits per heavy atom. The van der Waals surface area contributed by atoms with Crippen molar-refractivity contribution in [2.75, 3.05) is 19.8 Å². The van der Waals surface area contributed by atoms with Crippen LogP contribution in [0.4, 0.5) is 0 Å². The molecular weight excluding hydrogens is 340 g/mol. The third-order valence-electron chi connectivity index (χ3n) is 3.53. The lowest BCUT2D eigenvalue weighted by Gasteiger charge is -2.16. The van der Waals surface area contributed by atoms with Gasteiger partial charge in [0.15, 0.2) is 0 Å². The van der Waals surface area contributed by atoms with E-state index in [1.54, 1.807) is 0 Å². The van der Waals surface area contributed by atoms with E-state index in [1.165, 1.54) is 0 Å². The Hall–Kier alpha value is -1.31. The highest BCUT2D eigenvalue weighted by Crippen LogP contribution is 2.06. The number of hydrogen-bond donors (Lipinski definition) is 0. The van der Waals surface area contributed by atoms with Crippen LogP contribution in [0, 0.1) is 23.7 Å². The van der Waals surface area contributed by atoms with Gasteiger partial charge in [-0.3, -0.25) is 4.79 Å². The van der Waals surface area contributed by atoms with E-state index in [-0.39, 0.29) is 5.97 Å². The maximum atomic E-state index is 11.6. The van der Waals surface area contributed by atoms with Crippen LogP contribution in [-0.4, -0.2) is 32.1 Å². The monoisotopic (exact) mass is 380 g/mol. The number of carbonyl (C=O) groups excluding carboxylic acids is 1. The van der Waals surface area contributed by atoms with Crippen molar-refractivity contribution in [1.29, 1.82) is 0 Å². The van der Waals surface area contributed by atoms with Crippen LogP contribution in [0.2, 0.25) is 0 Å². The predicted octanol–water partition coefficient (Wildman–Crippen LogP) is 5.51. The van der Waals surface area contributed by atoms with E-state index in [0.717, 1.165) is 38.5 Å². The molecule has 27 heavy (non-hydrogen) atoms. The fraction of sp³-hybridized carbons (Fsp3) is 0.783. The highest BCUT2D eigenvalue weighted by molar-refractivity contribution is 5.69. The van der Waals surface area contributed by atoms with Crippen molar-refractivity contribution in [3.05, 3.63) is 12.2 Å². The molecule has 0 bridgehead atoms. The zero-order chi connectivity index (χ0) is 20.3. The summed E-state index contributed by atoms with van der Waals surface area (Å²) in [5, 5.41) is 0. The molecule has 0 saturated heterocycles. The van der Waals surface area contributed by atoms with Crippen LogP contribution in [0.3, 0.4) is 0 Å². The number of unbranched alkanes of at least 4 members (excludes halogenated alkanes) is 4. The molecule has 0 rings (SSSR count). The summed E-state index contributed by atoms with van der Waals surface area (Å²) >= 11 is 0. The molecule has 0 amide bonds. The molecule has 0 aliphatic carbocycles. The largest absolute Gasteiger partial charge is 0.461 e. The molecule has 0 heterocycles. The number of carbonyl (C=O) groups is 1. The first-order chi connectivity index (χ1) is 13.0. The van der Waals surface area contributed by atoms with Crippen molar-refractivity contribution in [2.24, 2.45) is 11.8 Å². The lowest BCUT2D eigenvalue weighted by atomic mass is 10.1. The summed E-state index contributed by atoms with van der Waals surface area (Å²) in [5.41, 5.74) is 0. The van der Waals surface area contributed by atoms with Crippen LogP contribution in [0.25, 0.3) is 0 Å². The molecule has 0 aliphatic heterocycles. The maximum Gasteiger partial charge on any atom is 0.306 e. The second-order valence-electron chi connectivity index (χ2n) is 7.61. The fourth-order valence-electron chi connectivity index (χ4n) is 2.07.